The minimum atomic E-state index is -1.42. The molecule has 0 aliphatic carbocycles. The van der Waals surface area contributed by atoms with Crippen molar-refractivity contribution in [3.63, 3.8) is 0 Å². The average molecular weight is 341 g/mol. The van der Waals surface area contributed by atoms with Gasteiger partial charge in [0.25, 0.3) is 9.04 Å². The third-order valence-corrected chi connectivity index (χ3v) is 6.06. The number of nitrogens with two attached hydrogens (primary N) is 1. The maximum atomic E-state index is 9.41. The lowest BCUT2D eigenvalue weighted by molar-refractivity contribution is 0.270. The molecule has 24 heavy (non-hydrogen) atoms. The molecule has 2 aromatic carbocycles. The van der Waals surface area contributed by atoms with Crippen LogP contribution in [0, 0.1) is 0 Å². The average Bonchev–Trinajstić information content (AvgIpc) is 2.55. The highest BCUT2D eigenvalue weighted by Crippen LogP contribution is 2.20. The van der Waals surface area contributed by atoms with Gasteiger partial charge in [-0.25, -0.2) is 0 Å². The Hall–Kier alpha value is -1.88. The predicted octanol–water partition coefficient (Wildman–Crippen LogP) is 2.51. The number of benzene rings is 2. The third kappa shape index (κ3) is 4.80. The van der Waals surface area contributed by atoms with E-state index < -0.39 is 15.1 Å². The zero-order valence-electron chi connectivity index (χ0n) is 14.6. The Bertz CT molecular complexity index is 662. The van der Waals surface area contributed by atoms with Gasteiger partial charge in [0.2, 0.25) is 0 Å². The topological polar surface area (TPSA) is 55.5 Å². The molecule has 0 saturated heterocycles. The van der Waals surface area contributed by atoms with E-state index in [-0.39, 0.29) is 17.8 Å². The van der Waals surface area contributed by atoms with Gasteiger partial charge in [-0.3, -0.25) is 0 Å². The van der Waals surface area contributed by atoms with Crippen LogP contribution in [0.25, 0.3) is 0 Å². The van der Waals surface area contributed by atoms with Gasteiger partial charge in [0.1, 0.15) is 5.76 Å². The first-order valence-corrected chi connectivity index (χ1v) is 9.49. The Morgan fingerprint density at radius 2 is 1.62 bits per heavy atom. The molecular formula is C20H26NO2Si. The summed E-state index contributed by atoms with van der Waals surface area (Å²) in [4.78, 5) is 0. The van der Waals surface area contributed by atoms with E-state index in [4.69, 9.17) is 10.2 Å². The fourth-order valence-corrected chi connectivity index (χ4v) is 4.29. The Balaban J connectivity index is 2.27. The fraction of sp³-hybridized carbons (Fsp3) is 0.300. The summed E-state index contributed by atoms with van der Waals surface area (Å²) in [6.07, 6.45) is 0. The van der Waals surface area contributed by atoms with E-state index in [1.807, 2.05) is 18.2 Å². The quantitative estimate of drug-likeness (QED) is 0.627. The largest absolute Gasteiger partial charge is 0.511 e. The first-order chi connectivity index (χ1) is 11.3. The first-order valence-electron chi connectivity index (χ1n) is 8.08. The molecule has 2 rings (SSSR count). The number of rotatable bonds is 6. The molecule has 0 heterocycles. The van der Waals surface area contributed by atoms with Crippen molar-refractivity contribution in [3.8, 4) is 0 Å². The Morgan fingerprint density at radius 1 is 1.08 bits per heavy atom. The minimum Gasteiger partial charge on any atom is -0.511 e. The van der Waals surface area contributed by atoms with Crippen molar-refractivity contribution in [1.29, 1.82) is 0 Å². The van der Waals surface area contributed by atoms with Crippen LogP contribution in [0.15, 0.2) is 66.9 Å². The molecule has 3 nitrogen and oxygen atoms in total. The Labute approximate surface area is 146 Å². The molecule has 0 aliphatic rings. The summed E-state index contributed by atoms with van der Waals surface area (Å²) < 4.78 is 6.12. The van der Waals surface area contributed by atoms with Gasteiger partial charge in [-0.05, 0) is 21.4 Å². The fourth-order valence-electron chi connectivity index (χ4n) is 2.31. The molecule has 0 bridgehead atoms. The number of aliphatic hydroxyl groups is 1. The second-order valence-electron chi connectivity index (χ2n) is 6.93. The summed E-state index contributed by atoms with van der Waals surface area (Å²) in [7, 11) is -1.42. The van der Waals surface area contributed by atoms with Gasteiger partial charge >= 0.3 is 0 Å². The van der Waals surface area contributed by atoms with Crippen LogP contribution in [0.5, 0.6) is 0 Å². The van der Waals surface area contributed by atoms with E-state index in [0.29, 0.717) is 0 Å². The van der Waals surface area contributed by atoms with Crippen LogP contribution in [0.1, 0.15) is 26.3 Å². The molecule has 0 aliphatic heterocycles. The Kier molecular flexibility index (Phi) is 5.99. The van der Waals surface area contributed by atoms with Gasteiger partial charge < -0.3 is 15.3 Å². The van der Waals surface area contributed by atoms with Crippen LogP contribution < -0.4 is 16.1 Å². The van der Waals surface area contributed by atoms with Crippen LogP contribution in [0.2, 0.25) is 0 Å². The summed E-state index contributed by atoms with van der Waals surface area (Å²) in [6, 6.07) is 18.2. The zero-order chi connectivity index (χ0) is 17.7. The van der Waals surface area contributed by atoms with Crippen molar-refractivity contribution >= 4 is 19.4 Å². The van der Waals surface area contributed by atoms with Crippen LogP contribution in [0.4, 0.5) is 0 Å². The summed E-state index contributed by atoms with van der Waals surface area (Å²) in [5.41, 5.74) is 7.26. The SMILES string of the molecule is C=C(O)C(N)CO[Si](c1ccccc1)c1ccc(C(C)(C)C)cc1. The van der Waals surface area contributed by atoms with E-state index in [2.05, 4.69) is 63.7 Å². The molecule has 0 saturated carbocycles. The van der Waals surface area contributed by atoms with E-state index in [1.165, 1.54) is 5.56 Å². The molecule has 0 fully saturated rings. The van der Waals surface area contributed by atoms with E-state index >= 15 is 0 Å². The minimum absolute atomic E-state index is 0.0486. The van der Waals surface area contributed by atoms with Crippen molar-refractivity contribution in [2.75, 3.05) is 6.61 Å². The summed E-state index contributed by atoms with van der Waals surface area (Å²) in [5.74, 6) is -0.0486. The van der Waals surface area contributed by atoms with Gasteiger partial charge in [0.15, 0.2) is 0 Å². The lowest BCUT2D eigenvalue weighted by Gasteiger charge is -2.22. The second kappa shape index (κ2) is 7.79. The summed E-state index contributed by atoms with van der Waals surface area (Å²) in [6.45, 7) is 10.3. The molecule has 0 aromatic heterocycles. The van der Waals surface area contributed by atoms with E-state index in [1.54, 1.807) is 0 Å². The number of hydrogen-bond acceptors (Lipinski definition) is 3. The number of hydrogen-bond donors (Lipinski definition) is 2. The van der Waals surface area contributed by atoms with Crippen molar-refractivity contribution in [1.82, 2.24) is 0 Å². The maximum absolute atomic E-state index is 9.41. The third-order valence-electron chi connectivity index (χ3n) is 3.88. The highest BCUT2D eigenvalue weighted by Gasteiger charge is 2.22. The molecule has 0 amide bonds. The van der Waals surface area contributed by atoms with Crippen LogP contribution in [-0.4, -0.2) is 26.8 Å². The van der Waals surface area contributed by atoms with Gasteiger partial charge in [-0.2, -0.15) is 0 Å². The van der Waals surface area contributed by atoms with Crippen molar-refractivity contribution in [3.05, 3.63) is 72.5 Å². The molecular weight excluding hydrogens is 314 g/mol. The van der Waals surface area contributed by atoms with Gasteiger partial charge in [-0.15, -0.1) is 0 Å². The molecule has 0 spiro atoms. The highest BCUT2D eigenvalue weighted by atomic mass is 28.3. The molecule has 4 heteroatoms. The second-order valence-corrected chi connectivity index (χ2v) is 9.03. The lowest BCUT2D eigenvalue weighted by Crippen LogP contribution is -2.47. The Morgan fingerprint density at radius 3 is 2.12 bits per heavy atom. The molecule has 1 atom stereocenters. The van der Waals surface area contributed by atoms with Gasteiger partial charge in [0, 0.05) is 0 Å². The smallest absolute Gasteiger partial charge is 0.282 e. The lowest BCUT2D eigenvalue weighted by atomic mass is 9.87. The van der Waals surface area contributed by atoms with Gasteiger partial charge in [-0.1, -0.05) is 81.9 Å². The van der Waals surface area contributed by atoms with E-state index in [0.717, 1.165) is 10.4 Å². The first kappa shape index (κ1) is 18.5. The molecule has 1 unspecified atom stereocenters. The standard InChI is InChI=1S/C20H26NO2Si/c1-15(22)19(21)14-23-24(17-8-6-5-7-9-17)18-12-10-16(11-13-18)20(2,3)4/h5-13,19,22H,1,14,21H2,2-4H3. The number of aliphatic hydroxyl groups excluding tert-OH is 1. The molecule has 3 N–H and O–H groups in total. The monoisotopic (exact) mass is 340 g/mol. The van der Waals surface area contributed by atoms with Crippen molar-refractivity contribution in [2.45, 2.75) is 32.2 Å². The summed E-state index contributed by atoms with van der Waals surface area (Å²) >= 11 is 0. The van der Waals surface area contributed by atoms with Crippen molar-refractivity contribution in [2.24, 2.45) is 5.73 Å². The highest BCUT2D eigenvalue weighted by molar-refractivity contribution is 6.80. The van der Waals surface area contributed by atoms with Gasteiger partial charge in [0.05, 0.1) is 12.6 Å². The molecule has 127 valence electrons. The van der Waals surface area contributed by atoms with Crippen LogP contribution >= 0.6 is 0 Å². The maximum Gasteiger partial charge on any atom is 0.282 e. The normalized spacial score (nSPS) is 13.0. The van der Waals surface area contributed by atoms with E-state index in [9.17, 15) is 5.11 Å². The molecule has 1 radical (unpaired) electrons. The van der Waals surface area contributed by atoms with Crippen LogP contribution in [-0.2, 0) is 9.84 Å². The summed E-state index contributed by atoms with van der Waals surface area (Å²) in [5, 5.41) is 11.7. The predicted molar refractivity (Wildman–Crippen MR) is 102 cm³/mol. The van der Waals surface area contributed by atoms with Crippen LogP contribution in [0.3, 0.4) is 0 Å². The van der Waals surface area contributed by atoms with Crippen molar-refractivity contribution < 1.29 is 9.53 Å². The zero-order valence-corrected chi connectivity index (χ0v) is 15.6. The molecule has 2 aromatic rings.